The van der Waals surface area contributed by atoms with Crippen molar-refractivity contribution in [3.63, 3.8) is 0 Å². The number of carboxylic acid groups (broad SMARTS) is 1. The summed E-state index contributed by atoms with van der Waals surface area (Å²) in [6, 6.07) is 15.4. The van der Waals surface area contributed by atoms with Crippen molar-refractivity contribution in [2.75, 3.05) is 0 Å². The summed E-state index contributed by atoms with van der Waals surface area (Å²) in [6.45, 7) is 0. The van der Waals surface area contributed by atoms with Crippen molar-refractivity contribution < 1.29 is 24.9 Å². The highest BCUT2D eigenvalue weighted by atomic mass is 16.5. The van der Waals surface area contributed by atoms with Crippen LogP contribution in [0.5, 0.6) is 11.5 Å². The third-order valence-corrected chi connectivity index (χ3v) is 4.09. The lowest BCUT2D eigenvalue weighted by molar-refractivity contribution is -0.139. The van der Waals surface area contributed by atoms with E-state index in [1.54, 1.807) is 12.2 Å². The lowest BCUT2D eigenvalue weighted by atomic mass is 9.93. The maximum atomic E-state index is 10.6. The van der Waals surface area contributed by atoms with Gasteiger partial charge in [0.1, 0.15) is 11.5 Å². The number of benzene rings is 2. The van der Waals surface area contributed by atoms with E-state index in [-0.39, 0.29) is 12.8 Å². The van der Waals surface area contributed by atoms with Gasteiger partial charge in [0.15, 0.2) is 0 Å². The van der Waals surface area contributed by atoms with E-state index in [0.29, 0.717) is 0 Å². The summed E-state index contributed by atoms with van der Waals surface area (Å²) in [4.78, 5) is 10.6. The molecule has 3 N–H and O–H groups in total. The highest BCUT2D eigenvalue weighted by Gasteiger charge is 2.20. The van der Waals surface area contributed by atoms with Gasteiger partial charge in [0, 0.05) is 17.5 Å². The summed E-state index contributed by atoms with van der Waals surface area (Å²) in [5.74, 6) is 0.442. The van der Waals surface area contributed by atoms with Crippen LogP contribution in [0.2, 0.25) is 0 Å². The Labute approximate surface area is 151 Å². The van der Waals surface area contributed by atoms with Crippen molar-refractivity contribution in [3.8, 4) is 11.5 Å². The molecule has 0 radical (unpaired) electrons. The average Bonchev–Trinajstić information content (AvgIpc) is 2.60. The van der Waals surface area contributed by atoms with Crippen LogP contribution in [-0.2, 0) is 4.79 Å². The van der Waals surface area contributed by atoms with Gasteiger partial charge >= 0.3 is 5.97 Å². The van der Waals surface area contributed by atoms with E-state index in [0.717, 1.165) is 28.2 Å². The van der Waals surface area contributed by atoms with E-state index in [1.807, 2.05) is 54.6 Å². The minimum atomic E-state index is -1.09. The molecule has 0 aliphatic carbocycles. The number of para-hydroxylation sites is 2. The first-order valence-corrected chi connectivity index (χ1v) is 8.37. The molecule has 2 atom stereocenters. The number of carboxylic acids is 1. The van der Waals surface area contributed by atoms with Crippen LogP contribution in [-0.4, -0.2) is 33.5 Å². The fraction of sp³-hybridized carbons (Fsp3) is 0.190. The molecule has 0 spiro atoms. The molecular weight excluding hydrogens is 332 g/mol. The van der Waals surface area contributed by atoms with Crippen LogP contribution >= 0.6 is 0 Å². The molecule has 0 saturated heterocycles. The molecule has 2 aromatic carbocycles. The van der Waals surface area contributed by atoms with Gasteiger partial charge in [0.05, 0.1) is 18.6 Å². The highest BCUT2D eigenvalue weighted by Crippen LogP contribution is 2.43. The molecule has 5 heteroatoms. The number of aliphatic hydroxyl groups excluding tert-OH is 2. The number of aliphatic carboxylic acids is 1. The topological polar surface area (TPSA) is 87.0 Å². The molecule has 2 aromatic rings. The van der Waals surface area contributed by atoms with Crippen molar-refractivity contribution in [2.24, 2.45) is 0 Å². The Balaban J connectivity index is 1.81. The molecule has 134 valence electrons. The van der Waals surface area contributed by atoms with Crippen molar-refractivity contribution in [1.29, 1.82) is 0 Å². The Morgan fingerprint density at radius 3 is 2.15 bits per heavy atom. The van der Waals surface area contributed by atoms with Crippen LogP contribution in [0.3, 0.4) is 0 Å². The highest BCUT2D eigenvalue weighted by molar-refractivity contribution is 5.88. The van der Waals surface area contributed by atoms with Crippen LogP contribution in [0.15, 0.2) is 66.8 Å². The first kappa shape index (κ1) is 17.9. The Bertz CT molecular complexity index is 805. The third kappa shape index (κ3) is 4.20. The fourth-order valence-corrected chi connectivity index (χ4v) is 2.92. The van der Waals surface area contributed by atoms with Crippen LogP contribution in [0.1, 0.15) is 24.0 Å². The van der Waals surface area contributed by atoms with E-state index in [4.69, 9.17) is 9.84 Å². The molecule has 0 saturated carbocycles. The Kier molecular flexibility index (Phi) is 5.51. The van der Waals surface area contributed by atoms with Gasteiger partial charge in [-0.05, 0) is 17.7 Å². The molecule has 0 fully saturated rings. The van der Waals surface area contributed by atoms with Crippen LogP contribution in [0.4, 0.5) is 0 Å². The van der Waals surface area contributed by atoms with E-state index in [2.05, 4.69) is 0 Å². The van der Waals surface area contributed by atoms with Gasteiger partial charge in [-0.1, -0.05) is 54.6 Å². The minimum Gasteiger partial charge on any atom is -0.481 e. The van der Waals surface area contributed by atoms with E-state index < -0.39 is 18.2 Å². The summed E-state index contributed by atoms with van der Waals surface area (Å²) in [7, 11) is 0. The summed E-state index contributed by atoms with van der Waals surface area (Å²) >= 11 is 0. The van der Waals surface area contributed by atoms with Gasteiger partial charge in [-0.15, -0.1) is 0 Å². The number of rotatable bonds is 6. The zero-order chi connectivity index (χ0) is 18.5. The quantitative estimate of drug-likeness (QED) is 0.633. The molecule has 1 aliphatic rings. The van der Waals surface area contributed by atoms with E-state index in [1.165, 1.54) is 0 Å². The number of carbonyl (C=O) groups is 1. The average molecular weight is 352 g/mol. The smallest absolute Gasteiger partial charge is 0.305 e. The van der Waals surface area contributed by atoms with Gasteiger partial charge in [0.2, 0.25) is 0 Å². The SMILES string of the molecule is O=C(O)C[C@H](O)CC(O)C=CC=C1c2ccccc2Oc2ccccc21. The minimum absolute atomic E-state index is 0.0255. The molecule has 26 heavy (non-hydrogen) atoms. The second kappa shape index (κ2) is 7.99. The predicted molar refractivity (Wildman–Crippen MR) is 98.1 cm³/mol. The molecule has 5 nitrogen and oxygen atoms in total. The first-order valence-electron chi connectivity index (χ1n) is 8.37. The normalized spacial score (nSPS) is 14.9. The summed E-state index contributed by atoms with van der Waals surface area (Å²) in [5.41, 5.74) is 2.88. The van der Waals surface area contributed by atoms with Crippen LogP contribution < -0.4 is 4.74 Å². The van der Waals surface area contributed by atoms with Gasteiger partial charge < -0.3 is 20.1 Å². The maximum absolute atomic E-state index is 10.6. The molecule has 1 aliphatic heterocycles. The zero-order valence-corrected chi connectivity index (χ0v) is 14.1. The number of hydrogen-bond acceptors (Lipinski definition) is 4. The Morgan fingerprint density at radius 2 is 1.58 bits per heavy atom. The number of allylic oxidation sites excluding steroid dienone is 2. The molecule has 0 bridgehead atoms. The van der Waals surface area contributed by atoms with Gasteiger partial charge in [-0.3, -0.25) is 4.79 Å². The second-order valence-electron chi connectivity index (χ2n) is 6.11. The molecule has 1 unspecified atom stereocenters. The number of ether oxygens (including phenoxy) is 1. The summed E-state index contributed by atoms with van der Waals surface area (Å²) in [6.07, 6.45) is 2.72. The lowest BCUT2D eigenvalue weighted by Gasteiger charge is -2.22. The van der Waals surface area contributed by atoms with Crippen molar-refractivity contribution in [1.82, 2.24) is 0 Å². The van der Waals surface area contributed by atoms with Gasteiger partial charge in [0.25, 0.3) is 0 Å². The van der Waals surface area contributed by atoms with Crippen molar-refractivity contribution in [3.05, 3.63) is 77.9 Å². The number of hydrogen-bond donors (Lipinski definition) is 3. The van der Waals surface area contributed by atoms with E-state index >= 15 is 0 Å². The number of aliphatic hydroxyl groups is 2. The van der Waals surface area contributed by atoms with Gasteiger partial charge in [-0.2, -0.15) is 0 Å². The number of fused-ring (bicyclic) bond motifs is 2. The fourth-order valence-electron chi connectivity index (χ4n) is 2.92. The largest absolute Gasteiger partial charge is 0.481 e. The van der Waals surface area contributed by atoms with Crippen molar-refractivity contribution in [2.45, 2.75) is 25.0 Å². The predicted octanol–water partition coefficient (Wildman–Crippen LogP) is 3.37. The Hall–Kier alpha value is -2.89. The van der Waals surface area contributed by atoms with Crippen molar-refractivity contribution >= 4 is 11.5 Å². The molecular formula is C21H20O5. The summed E-state index contributed by atoms with van der Waals surface area (Å²) in [5, 5.41) is 28.2. The molecule has 0 amide bonds. The third-order valence-electron chi connectivity index (χ3n) is 4.09. The summed E-state index contributed by atoms with van der Waals surface area (Å²) < 4.78 is 5.92. The molecule has 3 rings (SSSR count). The first-order chi connectivity index (χ1) is 12.5. The van der Waals surface area contributed by atoms with Crippen LogP contribution in [0, 0.1) is 0 Å². The lowest BCUT2D eigenvalue weighted by Crippen LogP contribution is -2.19. The molecule has 1 heterocycles. The monoisotopic (exact) mass is 352 g/mol. The molecule has 0 aromatic heterocycles. The van der Waals surface area contributed by atoms with E-state index in [9.17, 15) is 15.0 Å². The second-order valence-corrected chi connectivity index (χ2v) is 6.11. The Morgan fingerprint density at radius 1 is 1.00 bits per heavy atom. The van der Waals surface area contributed by atoms with Crippen LogP contribution in [0.25, 0.3) is 5.57 Å². The van der Waals surface area contributed by atoms with Gasteiger partial charge in [-0.25, -0.2) is 0 Å². The standard InChI is InChI=1S/C21H20O5/c22-14(12-15(23)13-21(24)25)6-5-9-16-17-7-1-3-10-19(17)26-20-11-4-2-8-18(16)20/h1-11,14-15,22-23H,12-13H2,(H,24,25)/t14?,15-/m1/s1. The zero-order valence-electron chi connectivity index (χ0n) is 14.1. The maximum Gasteiger partial charge on any atom is 0.305 e.